The molecule has 2 aromatic heterocycles. The Morgan fingerprint density at radius 2 is 2.29 bits per heavy atom. The number of nitrogens with one attached hydrogen (secondary N) is 1. The number of ether oxygens (including phenoxy) is 1. The molecule has 0 radical (unpaired) electrons. The average molecular weight is 337 g/mol. The highest BCUT2D eigenvalue weighted by atomic mass is 16.6. The van der Waals surface area contributed by atoms with E-state index < -0.39 is 37.1 Å². The highest BCUT2D eigenvalue weighted by Gasteiger charge is 2.44. The zero-order valence-electron chi connectivity index (χ0n) is 12.3. The summed E-state index contributed by atoms with van der Waals surface area (Å²) in [6.45, 7) is -0.460. The van der Waals surface area contributed by atoms with Crippen molar-refractivity contribution in [2.75, 3.05) is 6.61 Å². The molecule has 4 atom stereocenters. The molecule has 1 amide bonds. The van der Waals surface area contributed by atoms with Crippen LogP contribution in [0.1, 0.15) is 22.6 Å². The maximum atomic E-state index is 11.9. The van der Waals surface area contributed by atoms with E-state index in [-0.39, 0.29) is 5.82 Å². The fraction of sp³-hybridized carbons (Fsp3) is 0.385. The van der Waals surface area contributed by atoms with Gasteiger partial charge in [-0.2, -0.15) is 5.10 Å². The van der Waals surface area contributed by atoms with Crippen LogP contribution in [0.15, 0.2) is 34.2 Å². The molecule has 1 aliphatic rings. The molecule has 0 bridgehead atoms. The molecule has 128 valence electrons. The first kappa shape index (κ1) is 16.3. The third-order valence-electron chi connectivity index (χ3n) is 3.39. The summed E-state index contributed by atoms with van der Waals surface area (Å²) in [6.07, 6.45) is -0.627. The predicted molar refractivity (Wildman–Crippen MR) is 76.8 cm³/mol. The standard InChI is InChI=1S/C13H15N5O6/c19-5-8-9(20)10(21)13(24-8)18-6-14-11(17-18)12(22)16-15-4-7-2-1-3-23-7/h1-4,6,8-10,13,19-21H,5H2,(H,16,22)/b15-4+/t8-,9-,10-,13-/m1/s1. The van der Waals surface area contributed by atoms with Gasteiger partial charge < -0.3 is 24.5 Å². The number of aliphatic hydroxyl groups is 3. The normalized spacial score (nSPS) is 27.0. The molecule has 11 heteroatoms. The summed E-state index contributed by atoms with van der Waals surface area (Å²) in [6, 6.07) is 3.33. The number of hydrazone groups is 1. The lowest BCUT2D eigenvalue weighted by molar-refractivity contribution is -0.0588. The van der Waals surface area contributed by atoms with Crippen molar-refractivity contribution in [2.45, 2.75) is 24.5 Å². The summed E-state index contributed by atoms with van der Waals surface area (Å²) in [5.74, 6) is -0.423. The minimum Gasteiger partial charge on any atom is -0.463 e. The number of hydrogen-bond donors (Lipinski definition) is 4. The molecule has 3 heterocycles. The molecule has 2 aromatic rings. The quantitative estimate of drug-likeness (QED) is 0.370. The van der Waals surface area contributed by atoms with Gasteiger partial charge in [-0.05, 0) is 12.1 Å². The number of aromatic nitrogens is 3. The molecule has 3 rings (SSSR count). The lowest BCUT2D eigenvalue weighted by atomic mass is 10.1. The molecule has 0 saturated carbocycles. The van der Waals surface area contributed by atoms with Crippen molar-refractivity contribution in [2.24, 2.45) is 5.10 Å². The van der Waals surface area contributed by atoms with Crippen molar-refractivity contribution in [3.63, 3.8) is 0 Å². The average Bonchev–Trinajstić information content (AvgIpc) is 3.30. The SMILES string of the molecule is O=C(N/N=C/c1ccco1)c1ncn([C@@H]2O[C@H](CO)[C@@H](O)[C@H]2O)n1. The number of rotatable bonds is 5. The van der Waals surface area contributed by atoms with Gasteiger partial charge in [-0.3, -0.25) is 4.79 Å². The molecule has 0 spiro atoms. The van der Waals surface area contributed by atoms with Crippen molar-refractivity contribution in [3.05, 3.63) is 36.3 Å². The van der Waals surface area contributed by atoms with Gasteiger partial charge in [0.15, 0.2) is 6.23 Å². The van der Waals surface area contributed by atoms with Crippen LogP contribution in [0, 0.1) is 0 Å². The van der Waals surface area contributed by atoms with Gasteiger partial charge in [-0.25, -0.2) is 15.1 Å². The number of amides is 1. The lowest BCUT2D eigenvalue weighted by Crippen LogP contribution is -2.33. The number of nitrogens with zero attached hydrogens (tertiary/aromatic N) is 4. The minimum absolute atomic E-state index is 0.204. The van der Waals surface area contributed by atoms with E-state index in [4.69, 9.17) is 14.3 Å². The number of carbonyl (C=O) groups excluding carboxylic acids is 1. The summed E-state index contributed by atoms with van der Waals surface area (Å²) >= 11 is 0. The van der Waals surface area contributed by atoms with Crippen LogP contribution in [-0.4, -0.2) is 67.1 Å². The smallest absolute Gasteiger partial charge is 0.311 e. The summed E-state index contributed by atoms with van der Waals surface area (Å²) in [5.41, 5.74) is 2.22. The molecule has 1 saturated heterocycles. The van der Waals surface area contributed by atoms with Crippen LogP contribution in [0.4, 0.5) is 0 Å². The van der Waals surface area contributed by atoms with E-state index in [0.717, 1.165) is 4.68 Å². The second-order valence-corrected chi connectivity index (χ2v) is 4.99. The highest BCUT2D eigenvalue weighted by molar-refractivity contribution is 5.91. The number of carbonyl (C=O) groups is 1. The molecule has 1 fully saturated rings. The van der Waals surface area contributed by atoms with E-state index in [9.17, 15) is 15.0 Å². The second kappa shape index (κ2) is 6.88. The Kier molecular flexibility index (Phi) is 4.66. The van der Waals surface area contributed by atoms with Crippen molar-refractivity contribution < 1.29 is 29.3 Å². The molecule has 0 aliphatic carbocycles. The zero-order chi connectivity index (χ0) is 17.1. The lowest BCUT2D eigenvalue weighted by Gasteiger charge is -2.13. The van der Waals surface area contributed by atoms with Crippen LogP contribution >= 0.6 is 0 Å². The first-order valence-corrected chi connectivity index (χ1v) is 7.00. The Balaban J connectivity index is 1.64. The minimum atomic E-state index is -1.31. The number of aliphatic hydroxyl groups excluding tert-OH is 3. The predicted octanol–water partition coefficient (Wildman–Crippen LogP) is -1.75. The third kappa shape index (κ3) is 3.19. The molecule has 11 nitrogen and oxygen atoms in total. The fourth-order valence-electron chi connectivity index (χ4n) is 2.17. The Bertz CT molecular complexity index is 714. The highest BCUT2D eigenvalue weighted by Crippen LogP contribution is 2.28. The summed E-state index contributed by atoms with van der Waals surface area (Å²) < 4.78 is 11.4. The van der Waals surface area contributed by atoms with E-state index in [2.05, 4.69) is 20.6 Å². The van der Waals surface area contributed by atoms with Gasteiger partial charge in [-0.1, -0.05) is 0 Å². The Morgan fingerprint density at radius 3 is 2.96 bits per heavy atom. The molecule has 0 unspecified atom stereocenters. The molecular weight excluding hydrogens is 322 g/mol. The van der Waals surface area contributed by atoms with Gasteiger partial charge in [-0.15, -0.1) is 5.10 Å². The largest absolute Gasteiger partial charge is 0.463 e. The number of furan rings is 1. The van der Waals surface area contributed by atoms with Gasteiger partial charge in [0.25, 0.3) is 0 Å². The molecule has 4 N–H and O–H groups in total. The maximum Gasteiger partial charge on any atom is 0.311 e. The van der Waals surface area contributed by atoms with Gasteiger partial charge >= 0.3 is 5.91 Å². The van der Waals surface area contributed by atoms with Crippen LogP contribution in [0.5, 0.6) is 0 Å². The summed E-state index contributed by atoms with van der Waals surface area (Å²) in [4.78, 5) is 15.7. The first-order valence-electron chi connectivity index (χ1n) is 7.00. The third-order valence-corrected chi connectivity index (χ3v) is 3.39. The zero-order valence-corrected chi connectivity index (χ0v) is 12.3. The summed E-state index contributed by atoms with van der Waals surface area (Å²) in [5, 5.41) is 36.2. The van der Waals surface area contributed by atoms with Gasteiger partial charge in [0, 0.05) is 0 Å². The fourth-order valence-corrected chi connectivity index (χ4v) is 2.17. The van der Waals surface area contributed by atoms with Crippen LogP contribution in [-0.2, 0) is 4.74 Å². The maximum absolute atomic E-state index is 11.9. The first-order chi connectivity index (χ1) is 11.6. The monoisotopic (exact) mass is 337 g/mol. The molecule has 24 heavy (non-hydrogen) atoms. The Hall–Kier alpha value is -2.60. The van der Waals surface area contributed by atoms with E-state index in [1.807, 2.05) is 0 Å². The Labute approximate surface area is 135 Å². The van der Waals surface area contributed by atoms with Gasteiger partial charge in [0.2, 0.25) is 5.82 Å². The van der Waals surface area contributed by atoms with Crippen LogP contribution in [0.25, 0.3) is 0 Å². The van der Waals surface area contributed by atoms with Crippen molar-refractivity contribution in [1.29, 1.82) is 0 Å². The topological polar surface area (TPSA) is 155 Å². The van der Waals surface area contributed by atoms with E-state index >= 15 is 0 Å². The van der Waals surface area contributed by atoms with Crippen LogP contribution < -0.4 is 5.43 Å². The number of hydrogen-bond acceptors (Lipinski definition) is 9. The van der Waals surface area contributed by atoms with E-state index in [1.165, 1.54) is 18.8 Å². The second-order valence-electron chi connectivity index (χ2n) is 4.99. The van der Waals surface area contributed by atoms with Crippen molar-refractivity contribution in [1.82, 2.24) is 20.2 Å². The molecule has 0 aromatic carbocycles. The van der Waals surface area contributed by atoms with Gasteiger partial charge in [0.1, 0.15) is 30.4 Å². The van der Waals surface area contributed by atoms with Crippen molar-refractivity contribution in [3.8, 4) is 0 Å². The van der Waals surface area contributed by atoms with E-state index in [0.29, 0.717) is 5.76 Å². The Morgan fingerprint density at radius 1 is 1.46 bits per heavy atom. The molecule has 1 aliphatic heterocycles. The van der Waals surface area contributed by atoms with Crippen LogP contribution in [0.2, 0.25) is 0 Å². The van der Waals surface area contributed by atoms with Gasteiger partial charge in [0.05, 0.1) is 19.1 Å². The van der Waals surface area contributed by atoms with E-state index in [1.54, 1.807) is 12.1 Å². The van der Waals surface area contributed by atoms with Crippen LogP contribution in [0.3, 0.4) is 0 Å². The van der Waals surface area contributed by atoms with Crippen molar-refractivity contribution >= 4 is 12.1 Å². The summed E-state index contributed by atoms with van der Waals surface area (Å²) in [7, 11) is 0. The molecular formula is C13H15N5O6.